The van der Waals surface area contributed by atoms with Crippen molar-refractivity contribution in [3.8, 4) is 0 Å². The smallest absolute Gasteiger partial charge is 0.243 e. The zero-order valence-electron chi connectivity index (χ0n) is 16.0. The summed E-state index contributed by atoms with van der Waals surface area (Å²) < 4.78 is 0. The molecule has 1 heterocycles. The van der Waals surface area contributed by atoms with Crippen molar-refractivity contribution in [3.63, 3.8) is 0 Å². The number of rotatable bonds is 7. The molecule has 1 unspecified atom stereocenters. The van der Waals surface area contributed by atoms with E-state index in [9.17, 15) is 9.59 Å². The number of likely N-dealkylation sites (N-methyl/N-ethyl adjacent to an activating group) is 1. The number of carbonyl (C=O) groups excluding carboxylic acids is 2. The van der Waals surface area contributed by atoms with Crippen LogP contribution in [0.1, 0.15) is 24.5 Å². The number of fused-ring (bicyclic) bond motifs is 1. The van der Waals surface area contributed by atoms with Crippen LogP contribution in [0.2, 0.25) is 0 Å². The van der Waals surface area contributed by atoms with Gasteiger partial charge in [0.15, 0.2) is 0 Å². The van der Waals surface area contributed by atoms with E-state index in [1.54, 1.807) is 4.90 Å². The molecular weight excluding hydrogens is 338 g/mol. The Balaban J connectivity index is 1.55. The molecule has 1 aliphatic rings. The van der Waals surface area contributed by atoms with E-state index < -0.39 is 6.04 Å². The van der Waals surface area contributed by atoms with Crippen molar-refractivity contribution in [1.29, 1.82) is 0 Å². The van der Waals surface area contributed by atoms with Crippen molar-refractivity contribution in [1.82, 2.24) is 10.2 Å². The van der Waals surface area contributed by atoms with Gasteiger partial charge in [0.2, 0.25) is 11.8 Å². The summed E-state index contributed by atoms with van der Waals surface area (Å²) in [6.45, 7) is 3.98. The second-order valence-corrected chi connectivity index (χ2v) is 6.98. The van der Waals surface area contributed by atoms with E-state index >= 15 is 0 Å². The second-order valence-electron chi connectivity index (χ2n) is 6.98. The summed E-state index contributed by atoms with van der Waals surface area (Å²) in [4.78, 5) is 29.0. The highest BCUT2D eigenvalue weighted by Gasteiger charge is 2.37. The average Bonchev–Trinajstić information content (AvgIpc) is 3.08. The summed E-state index contributed by atoms with van der Waals surface area (Å²) in [6, 6.07) is 17.6. The maximum atomic E-state index is 12.8. The maximum absolute atomic E-state index is 12.8. The molecule has 0 fully saturated rings. The minimum Gasteiger partial charge on any atom is -0.353 e. The van der Waals surface area contributed by atoms with Crippen LogP contribution < -0.4 is 10.2 Å². The molecule has 5 heteroatoms. The maximum Gasteiger partial charge on any atom is 0.243 e. The molecule has 2 amide bonds. The summed E-state index contributed by atoms with van der Waals surface area (Å²) in [5.74, 6) is -0.0950. The number of hydrogen-bond acceptors (Lipinski definition) is 3. The minimum atomic E-state index is -0.450. The van der Waals surface area contributed by atoms with E-state index in [2.05, 4.69) is 22.3 Å². The normalized spacial score (nSPS) is 15.7. The molecule has 0 bridgehead atoms. The van der Waals surface area contributed by atoms with Gasteiger partial charge in [0, 0.05) is 38.2 Å². The summed E-state index contributed by atoms with van der Waals surface area (Å²) in [7, 11) is 2.04. The van der Waals surface area contributed by atoms with Crippen molar-refractivity contribution < 1.29 is 9.59 Å². The molecule has 0 saturated carbocycles. The summed E-state index contributed by atoms with van der Waals surface area (Å²) >= 11 is 0. The first-order valence-corrected chi connectivity index (χ1v) is 9.50. The zero-order valence-corrected chi connectivity index (χ0v) is 16.0. The highest BCUT2D eigenvalue weighted by atomic mass is 16.2. The van der Waals surface area contributed by atoms with Crippen LogP contribution in [0, 0.1) is 0 Å². The Morgan fingerprint density at radius 2 is 1.81 bits per heavy atom. The number of amides is 2. The topological polar surface area (TPSA) is 52.7 Å². The summed E-state index contributed by atoms with van der Waals surface area (Å²) in [6.07, 6.45) is 0.964. The molecule has 0 aromatic heterocycles. The molecule has 1 atom stereocenters. The highest BCUT2D eigenvalue weighted by molar-refractivity contribution is 6.03. The standard InChI is InChI=1S/C22H27N3O2/c1-3-21(26)25-19-12-8-7-11-18(19)15-20(25)22(27)23-13-14-24(2)16-17-9-5-4-6-10-17/h4-12,20H,3,13-16H2,1-2H3,(H,23,27). The third kappa shape index (κ3) is 4.55. The Labute approximate surface area is 161 Å². The first-order chi connectivity index (χ1) is 13.1. The Bertz CT molecular complexity index is 791. The number of hydrogen-bond donors (Lipinski definition) is 1. The molecule has 0 aliphatic carbocycles. The number of benzene rings is 2. The van der Waals surface area contributed by atoms with Crippen LogP contribution in [0.3, 0.4) is 0 Å². The molecule has 0 radical (unpaired) electrons. The van der Waals surface area contributed by atoms with E-state index in [1.807, 2.05) is 56.4 Å². The minimum absolute atomic E-state index is 0.0127. The zero-order chi connectivity index (χ0) is 19.2. The molecule has 1 aliphatic heterocycles. The predicted octanol–water partition coefficient (Wildman–Crippen LogP) is 2.60. The van der Waals surface area contributed by atoms with Crippen LogP contribution in [0.4, 0.5) is 5.69 Å². The Morgan fingerprint density at radius 1 is 1.11 bits per heavy atom. The predicted molar refractivity (Wildman–Crippen MR) is 107 cm³/mol. The first kappa shape index (κ1) is 19.1. The van der Waals surface area contributed by atoms with Gasteiger partial charge in [-0.1, -0.05) is 55.5 Å². The quantitative estimate of drug-likeness (QED) is 0.821. The molecule has 0 spiro atoms. The number of anilines is 1. The molecular formula is C22H27N3O2. The van der Waals surface area contributed by atoms with Gasteiger partial charge in [0.25, 0.3) is 0 Å². The van der Waals surface area contributed by atoms with Crippen molar-refractivity contribution in [3.05, 3.63) is 65.7 Å². The number of carbonyl (C=O) groups is 2. The molecule has 5 nitrogen and oxygen atoms in total. The largest absolute Gasteiger partial charge is 0.353 e. The lowest BCUT2D eigenvalue weighted by Crippen LogP contribution is -2.49. The van der Waals surface area contributed by atoms with Crippen LogP contribution in [-0.4, -0.2) is 42.9 Å². The van der Waals surface area contributed by atoms with E-state index in [-0.39, 0.29) is 11.8 Å². The van der Waals surface area contributed by atoms with Crippen LogP contribution in [0.25, 0.3) is 0 Å². The third-order valence-corrected chi connectivity index (χ3v) is 4.94. The SMILES string of the molecule is CCC(=O)N1c2ccccc2CC1C(=O)NCCN(C)Cc1ccccc1. The van der Waals surface area contributed by atoms with Gasteiger partial charge in [-0.3, -0.25) is 14.5 Å². The molecule has 3 rings (SSSR count). The molecule has 0 saturated heterocycles. The van der Waals surface area contributed by atoms with Crippen molar-refractivity contribution >= 4 is 17.5 Å². The van der Waals surface area contributed by atoms with Crippen LogP contribution in [0.5, 0.6) is 0 Å². The van der Waals surface area contributed by atoms with Crippen LogP contribution in [-0.2, 0) is 22.6 Å². The van der Waals surface area contributed by atoms with E-state index in [4.69, 9.17) is 0 Å². The molecule has 1 N–H and O–H groups in total. The van der Waals surface area contributed by atoms with Crippen LogP contribution >= 0.6 is 0 Å². The second kappa shape index (κ2) is 8.82. The number of para-hydroxylation sites is 1. The lowest BCUT2D eigenvalue weighted by molar-refractivity contribution is -0.126. The lowest BCUT2D eigenvalue weighted by atomic mass is 10.1. The number of nitrogens with zero attached hydrogens (tertiary/aromatic N) is 2. The highest BCUT2D eigenvalue weighted by Crippen LogP contribution is 2.32. The van der Waals surface area contributed by atoms with Gasteiger partial charge < -0.3 is 10.2 Å². The monoisotopic (exact) mass is 365 g/mol. The van der Waals surface area contributed by atoms with Gasteiger partial charge >= 0.3 is 0 Å². The van der Waals surface area contributed by atoms with Gasteiger partial charge in [-0.25, -0.2) is 0 Å². The summed E-state index contributed by atoms with van der Waals surface area (Å²) in [5, 5.41) is 3.01. The van der Waals surface area contributed by atoms with Gasteiger partial charge in [0.1, 0.15) is 6.04 Å². The average molecular weight is 365 g/mol. The van der Waals surface area contributed by atoms with Crippen molar-refractivity contribution in [2.75, 3.05) is 25.0 Å². The van der Waals surface area contributed by atoms with Gasteiger partial charge in [-0.15, -0.1) is 0 Å². The fourth-order valence-corrected chi connectivity index (χ4v) is 3.54. The van der Waals surface area contributed by atoms with Crippen molar-refractivity contribution in [2.45, 2.75) is 32.4 Å². The van der Waals surface area contributed by atoms with Gasteiger partial charge in [-0.05, 0) is 24.2 Å². The van der Waals surface area contributed by atoms with Crippen molar-refractivity contribution in [2.24, 2.45) is 0 Å². The van der Waals surface area contributed by atoms with E-state index in [0.29, 0.717) is 19.4 Å². The van der Waals surface area contributed by atoms with Crippen LogP contribution in [0.15, 0.2) is 54.6 Å². The first-order valence-electron chi connectivity index (χ1n) is 9.50. The molecule has 2 aromatic carbocycles. The third-order valence-electron chi connectivity index (χ3n) is 4.94. The van der Waals surface area contributed by atoms with E-state index in [0.717, 1.165) is 24.3 Å². The summed E-state index contributed by atoms with van der Waals surface area (Å²) in [5.41, 5.74) is 3.17. The Hall–Kier alpha value is -2.66. The molecule has 2 aromatic rings. The number of nitrogens with one attached hydrogen (secondary N) is 1. The Morgan fingerprint density at radius 3 is 2.56 bits per heavy atom. The lowest BCUT2D eigenvalue weighted by Gasteiger charge is -2.25. The fourth-order valence-electron chi connectivity index (χ4n) is 3.54. The molecule has 27 heavy (non-hydrogen) atoms. The van der Waals surface area contributed by atoms with Gasteiger partial charge in [-0.2, -0.15) is 0 Å². The Kier molecular flexibility index (Phi) is 6.24. The molecule has 142 valence electrons. The van der Waals surface area contributed by atoms with E-state index in [1.165, 1.54) is 5.56 Å². The van der Waals surface area contributed by atoms with Gasteiger partial charge in [0.05, 0.1) is 0 Å². The fraction of sp³-hybridized carbons (Fsp3) is 0.364.